The predicted octanol–water partition coefficient (Wildman–Crippen LogP) is 3.39. The van der Waals surface area contributed by atoms with Crippen LogP contribution in [0, 0.1) is 23.7 Å². The molecule has 0 aliphatic rings. The number of carbonyl (C=O) groups is 1. The Bertz CT molecular complexity index is 468. The van der Waals surface area contributed by atoms with E-state index in [9.17, 15) is 4.79 Å². The molecule has 0 saturated carbocycles. The molecule has 0 aromatic rings. The third-order valence-electron chi connectivity index (χ3n) is 2.88. The van der Waals surface area contributed by atoms with Crippen LogP contribution in [-0.2, 0) is 9.53 Å². The summed E-state index contributed by atoms with van der Waals surface area (Å²) in [4.78, 5) is 11.1. The van der Waals surface area contributed by atoms with Gasteiger partial charge in [0.15, 0.2) is 0 Å². The monoisotopic (exact) mass is 302 g/mol. The quantitative estimate of drug-likeness (QED) is 0.307. The Labute approximate surface area is 134 Å². The minimum Gasteiger partial charge on any atom is -0.458 e. The van der Waals surface area contributed by atoms with E-state index in [4.69, 9.17) is 9.84 Å². The highest BCUT2D eigenvalue weighted by molar-refractivity contribution is 5.66. The molecule has 0 aliphatic heterocycles. The normalized spacial score (nSPS) is 12.5. The fourth-order valence-electron chi connectivity index (χ4n) is 1.76. The molecular weight excluding hydrogens is 276 g/mol. The lowest BCUT2D eigenvalue weighted by Gasteiger charge is -2.12. The maximum Gasteiger partial charge on any atom is 0.303 e. The number of esters is 1. The molecule has 120 valence electrons. The van der Waals surface area contributed by atoms with Crippen LogP contribution in [0.3, 0.4) is 0 Å². The second-order valence-electron chi connectivity index (χ2n) is 4.93. The van der Waals surface area contributed by atoms with Crippen LogP contribution in [0.15, 0.2) is 24.8 Å². The Hall–Kier alpha value is -1.97. The molecular formula is C19H26O3. The molecule has 0 aromatic carbocycles. The van der Waals surface area contributed by atoms with E-state index in [0.717, 1.165) is 19.3 Å². The molecule has 3 heteroatoms. The Balaban J connectivity index is 4.29. The minimum absolute atomic E-state index is 0.236. The fraction of sp³-hybridized carbons (Fsp3) is 0.526. The second-order valence-corrected chi connectivity index (χ2v) is 4.93. The molecule has 0 bridgehead atoms. The average molecular weight is 302 g/mol. The summed E-state index contributed by atoms with van der Waals surface area (Å²) in [6, 6.07) is 0. The summed E-state index contributed by atoms with van der Waals surface area (Å²) in [6.45, 7) is 7.00. The zero-order valence-corrected chi connectivity index (χ0v) is 13.6. The molecule has 0 amide bonds. The summed E-state index contributed by atoms with van der Waals surface area (Å²) in [6.07, 6.45) is 10.3. The van der Waals surface area contributed by atoms with Crippen molar-refractivity contribution in [1.82, 2.24) is 0 Å². The van der Waals surface area contributed by atoms with Gasteiger partial charge in [0.05, 0.1) is 0 Å². The van der Waals surface area contributed by atoms with E-state index in [1.165, 1.54) is 32.3 Å². The summed E-state index contributed by atoms with van der Waals surface area (Å²) in [5.74, 6) is 10.1. The number of ether oxygens (including phenoxy) is 1. The molecule has 3 nitrogen and oxygen atoms in total. The fourth-order valence-corrected chi connectivity index (χ4v) is 1.76. The largest absolute Gasteiger partial charge is 0.458 e. The van der Waals surface area contributed by atoms with Gasteiger partial charge in [-0.3, -0.25) is 4.79 Å². The van der Waals surface area contributed by atoms with E-state index >= 15 is 0 Å². The summed E-state index contributed by atoms with van der Waals surface area (Å²) >= 11 is 0. The topological polar surface area (TPSA) is 46.5 Å². The van der Waals surface area contributed by atoms with Crippen LogP contribution in [0.4, 0.5) is 0 Å². The van der Waals surface area contributed by atoms with Crippen molar-refractivity contribution in [2.24, 2.45) is 0 Å². The Kier molecular flexibility index (Phi) is 12.7. The number of carbonyl (C=O) groups excluding carboxylic acids is 1. The third-order valence-corrected chi connectivity index (χ3v) is 2.88. The van der Waals surface area contributed by atoms with Crippen LogP contribution < -0.4 is 0 Å². The molecule has 2 atom stereocenters. The smallest absolute Gasteiger partial charge is 0.303 e. The molecule has 0 spiro atoms. The molecule has 0 rings (SSSR count). The molecule has 0 unspecified atom stereocenters. The zero-order chi connectivity index (χ0) is 16.6. The highest BCUT2D eigenvalue weighted by Gasteiger charge is 2.07. The van der Waals surface area contributed by atoms with Crippen molar-refractivity contribution < 1.29 is 14.6 Å². The van der Waals surface area contributed by atoms with E-state index in [1.807, 2.05) is 0 Å². The lowest BCUT2D eigenvalue weighted by atomic mass is 10.1. The van der Waals surface area contributed by atoms with Crippen molar-refractivity contribution in [2.45, 2.75) is 64.6 Å². The first kappa shape index (κ1) is 20.0. The van der Waals surface area contributed by atoms with Gasteiger partial charge in [-0.05, 0) is 36.8 Å². The predicted molar refractivity (Wildman–Crippen MR) is 89.8 cm³/mol. The summed E-state index contributed by atoms with van der Waals surface area (Å²) in [7, 11) is 0. The number of aliphatic hydroxyl groups excluding tert-OH is 1. The molecule has 22 heavy (non-hydrogen) atoms. The first-order valence-electron chi connectivity index (χ1n) is 7.75. The average Bonchev–Trinajstić information content (AvgIpc) is 2.49. The van der Waals surface area contributed by atoms with Gasteiger partial charge >= 0.3 is 5.97 Å². The van der Waals surface area contributed by atoms with Crippen molar-refractivity contribution in [3.63, 3.8) is 0 Å². The van der Waals surface area contributed by atoms with Crippen molar-refractivity contribution in [3.8, 4) is 23.7 Å². The molecule has 0 aliphatic carbocycles. The van der Waals surface area contributed by atoms with Crippen LogP contribution >= 0.6 is 0 Å². The van der Waals surface area contributed by atoms with Gasteiger partial charge in [-0.2, -0.15) is 0 Å². The molecule has 0 radical (unpaired) electrons. The van der Waals surface area contributed by atoms with Crippen LogP contribution in [0.25, 0.3) is 0 Å². The number of unbranched alkanes of at least 4 members (excludes halogenated alkanes) is 4. The number of rotatable bonds is 9. The van der Waals surface area contributed by atoms with E-state index < -0.39 is 6.10 Å². The number of hydrogen-bond acceptors (Lipinski definition) is 3. The molecule has 0 fully saturated rings. The van der Waals surface area contributed by atoms with Crippen LogP contribution in [0.1, 0.15) is 52.4 Å². The van der Waals surface area contributed by atoms with Gasteiger partial charge in [0.2, 0.25) is 0 Å². The highest BCUT2D eigenvalue weighted by Crippen LogP contribution is 2.10. The minimum atomic E-state index is -0.852. The lowest BCUT2D eigenvalue weighted by molar-refractivity contribution is -0.144. The Morgan fingerprint density at radius 1 is 1.27 bits per heavy atom. The molecule has 1 N–H and O–H groups in total. The summed E-state index contributed by atoms with van der Waals surface area (Å²) in [5, 5.41) is 9.13. The SMILES string of the molecule is C=C[C@H](O)C#CC#C/C=C\[C@@H](CCCCCCC)OC(C)=O. The van der Waals surface area contributed by atoms with Crippen LogP contribution in [0.5, 0.6) is 0 Å². The van der Waals surface area contributed by atoms with Gasteiger partial charge in [0, 0.05) is 6.92 Å². The number of hydrogen-bond donors (Lipinski definition) is 1. The van der Waals surface area contributed by atoms with Crippen molar-refractivity contribution >= 4 is 5.97 Å². The summed E-state index contributed by atoms with van der Waals surface area (Å²) < 4.78 is 5.24. The Morgan fingerprint density at radius 3 is 2.64 bits per heavy atom. The van der Waals surface area contributed by atoms with Crippen molar-refractivity contribution in [2.75, 3.05) is 0 Å². The van der Waals surface area contributed by atoms with Gasteiger partial charge in [0.1, 0.15) is 12.2 Å². The van der Waals surface area contributed by atoms with Crippen molar-refractivity contribution in [1.29, 1.82) is 0 Å². The number of aliphatic hydroxyl groups is 1. The molecule has 0 aromatic heterocycles. The third kappa shape index (κ3) is 13.0. The first-order chi connectivity index (χ1) is 10.6. The Morgan fingerprint density at radius 2 is 2.00 bits per heavy atom. The highest BCUT2D eigenvalue weighted by atomic mass is 16.5. The lowest BCUT2D eigenvalue weighted by Crippen LogP contribution is -2.13. The van der Waals surface area contributed by atoms with Gasteiger partial charge in [-0.25, -0.2) is 0 Å². The van der Waals surface area contributed by atoms with E-state index in [1.54, 1.807) is 12.2 Å². The van der Waals surface area contributed by atoms with Gasteiger partial charge in [-0.1, -0.05) is 57.1 Å². The summed E-state index contributed by atoms with van der Waals surface area (Å²) in [5.41, 5.74) is 0. The molecule has 0 heterocycles. The van der Waals surface area contributed by atoms with Crippen molar-refractivity contribution in [3.05, 3.63) is 24.8 Å². The van der Waals surface area contributed by atoms with Gasteiger partial charge < -0.3 is 9.84 Å². The zero-order valence-electron chi connectivity index (χ0n) is 13.6. The van der Waals surface area contributed by atoms with E-state index in [0.29, 0.717) is 0 Å². The molecule has 0 saturated heterocycles. The van der Waals surface area contributed by atoms with E-state index in [-0.39, 0.29) is 12.1 Å². The van der Waals surface area contributed by atoms with Crippen LogP contribution in [-0.4, -0.2) is 23.3 Å². The standard InChI is InChI=1S/C19H26O3/c1-4-6-7-8-12-15-19(22-17(3)20)16-13-10-9-11-14-18(21)5-2/h5,13,16,18-19,21H,2,4,6-8,12,15H2,1,3H3/b16-13-/t18-,19+/m0/s1. The second kappa shape index (κ2) is 14.0. The van der Waals surface area contributed by atoms with E-state index in [2.05, 4.69) is 37.2 Å². The number of allylic oxidation sites excluding steroid dienone is 1. The maximum atomic E-state index is 11.1. The van der Waals surface area contributed by atoms with Gasteiger partial charge in [0.25, 0.3) is 0 Å². The maximum absolute atomic E-state index is 11.1. The first-order valence-corrected chi connectivity index (χ1v) is 7.75. The van der Waals surface area contributed by atoms with Crippen LogP contribution in [0.2, 0.25) is 0 Å². The van der Waals surface area contributed by atoms with Gasteiger partial charge in [-0.15, -0.1) is 0 Å².